The van der Waals surface area contributed by atoms with E-state index in [1.807, 2.05) is 0 Å². The Kier molecular flexibility index (Phi) is 38.0. The summed E-state index contributed by atoms with van der Waals surface area (Å²) in [5.74, 6) is 1.64. The molecule has 0 radical (unpaired) electrons. The van der Waals surface area contributed by atoms with Crippen molar-refractivity contribution in [1.82, 2.24) is 0 Å². The minimum atomic E-state index is -4.32. The second kappa shape index (κ2) is 37.9. The van der Waals surface area contributed by atoms with E-state index < -0.39 is 20.2 Å². The normalized spacial score (nSPS) is 11.6. The fourth-order valence-corrected chi connectivity index (χ4v) is 7.14. The maximum Gasteiger partial charge on any atom is 0.124 e. The van der Waals surface area contributed by atoms with Crippen molar-refractivity contribution in [2.24, 2.45) is 11.8 Å². The van der Waals surface area contributed by atoms with Crippen LogP contribution >= 0.6 is 0 Å². The lowest BCUT2D eigenvalue weighted by Crippen LogP contribution is -3.06. The van der Waals surface area contributed by atoms with E-state index in [1.165, 1.54) is 137 Å². The predicted octanol–water partition coefficient (Wildman–Crippen LogP) is 8.92. The smallest absolute Gasteiger partial charge is 0.124 e. The van der Waals surface area contributed by atoms with Crippen LogP contribution < -0.4 is 9.80 Å². The summed E-state index contributed by atoms with van der Waals surface area (Å²) >= 11 is 0. The van der Waals surface area contributed by atoms with Gasteiger partial charge in [0.2, 0.25) is 0 Å². The standard InChI is InChI=1S/2C18H30O3S.C7H17NO.C5H13N/c2*1-16(2)10-8-6-4-3-5-7-9-11-17-12-14-18(15-13-17)22(19,20)21;1-4-6-9-7-5-8(2)3;1-4-5-6(2)3/h2*12-16H,3-11H2,1-2H3,(H,19,20,21);4-7H2,1-3H3;4-5H2,1-3H3. The first-order valence-electron chi connectivity index (χ1n) is 23.1. The third-order valence-electron chi connectivity index (χ3n) is 9.76. The van der Waals surface area contributed by atoms with Crippen LogP contribution in [0.25, 0.3) is 0 Å². The van der Waals surface area contributed by atoms with Crippen molar-refractivity contribution in [3.63, 3.8) is 0 Å². The molecule has 2 N–H and O–H groups in total. The largest absolute Gasteiger partial charge is 0.744 e. The molecule has 0 fully saturated rings. The second-order valence-electron chi connectivity index (χ2n) is 17.5. The van der Waals surface area contributed by atoms with Gasteiger partial charge in [-0.05, 0) is 85.8 Å². The molecule has 2 aromatic rings. The van der Waals surface area contributed by atoms with E-state index in [0.717, 1.165) is 74.8 Å². The number of hydrogen-bond donors (Lipinski definition) is 2. The Morgan fingerprint density at radius 3 is 1.05 bits per heavy atom. The lowest BCUT2D eigenvalue weighted by atomic mass is 10.0. The fourth-order valence-electron chi connectivity index (χ4n) is 6.20. The molecule has 2 aromatic carbocycles. The SMILES string of the molecule is CC(C)CCCCCCCCCc1ccc(S(=O)(=O)[O-])cc1.CC(C)CCCCCCCCCc1ccc(S(=O)(=O)[O-])cc1.CCCOCC[NH+](C)C.CCC[NH+](C)C. The van der Waals surface area contributed by atoms with Crippen LogP contribution in [0.2, 0.25) is 0 Å². The molecule has 11 heteroatoms. The van der Waals surface area contributed by atoms with Crippen LogP contribution in [0.15, 0.2) is 58.3 Å². The number of quaternary nitrogens is 2. The highest BCUT2D eigenvalue weighted by Gasteiger charge is 2.03. The molecule has 0 aliphatic rings. The number of rotatable bonds is 29. The highest BCUT2D eigenvalue weighted by molar-refractivity contribution is 7.86. The van der Waals surface area contributed by atoms with Crippen molar-refractivity contribution in [1.29, 1.82) is 0 Å². The number of unbranched alkanes of at least 4 members (excludes halogenated alkanes) is 12. The summed E-state index contributed by atoms with van der Waals surface area (Å²) in [5, 5.41) is 0. The van der Waals surface area contributed by atoms with E-state index in [9.17, 15) is 25.9 Å². The quantitative estimate of drug-likeness (QED) is 0.0617. The third-order valence-corrected chi connectivity index (χ3v) is 11.5. The Labute approximate surface area is 365 Å². The summed E-state index contributed by atoms with van der Waals surface area (Å²) in [6.45, 7) is 17.6. The minimum absolute atomic E-state index is 0.141. The number of aryl methyl sites for hydroxylation is 2. The Morgan fingerprint density at radius 1 is 0.475 bits per heavy atom. The first-order valence-corrected chi connectivity index (χ1v) is 25.9. The third kappa shape index (κ3) is 41.3. The van der Waals surface area contributed by atoms with Crippen molar-refractivity contribution in [2.45, 2.75) is 180 Å². The number of likely N-dealkylation sites (N-methyl/N-ethyl adjacent to an activating group) is 1. The van der Waals surface area contributed by atoms with Gasteiger partial charge >= 0.3 is 0 Å². The molecule has 0 unspecified atom stereocenters. The van der Waals surface area contributed by atoms with E-state index in [1.54, 1.807) is 24.3 Å². The van der Waals surface area contributed by atoms with Crippen LogP contribution in [0.5, 0.6) is 0 Å². The lowest BCUT2D eigenvalue weighted by molar-refractivity contribution is -0.858. The van der Waals surface area contributed by atoms with E-state index in [0.29, 0.717) is 0 Å². The van der Waals surface area contributed by atoms with E-state index in [-0.39, 0.29) is 9.79 Å². The molecule has 0 spiro atoms. The molecule has 346 valence electrons. The van der Waals surface area contributed by atoms with Crippen molar-refractivity contribution < 1.29 is 40.5 Å². The Morgan fingerprint density at radius 2 is 0.797 bits per heavy atom. The van der Waals surface area contributed by atoms with Crippen molar-refractivity contribution >= 4 is 20.2 Å². The minimum Gasteiger partial charge on any atom is -0.744 e. The van der Waals surface area contributed by atoms with Gasteiger partial charge in [-0.15, -0.1) is 0 Å². The zero-order valence-corrected chi connectivity index (χ0v) is 41.1. The summed E-state index contributed by atoms with van der Waals surface area (Å²) < 4.78 is 70.3. The van der Waals surface area contributed by atoms with Gasteiger partial charge in [0.15, 0.2) is 0 Å². The Bertz CT molecular complexity index is 1330. The molecule has 0 bridgehead atoms. The van der Waals surface area contributed by atoms with Gasteiger partial charge in [-0.25, -0.2) is 16.8 Å². The molecule has 0 amide bonds. The van der Waals surface area contributed by atoms with Gasteiger partial charge in [-0.3, -0.25) is 0 Å². The maximum absolute atomic E-state index is 10.8. The molecule has 0 aliphatic heterocycles. The van der Waals surface area contributed by atoms with Gasteiger partial charge in [0.25, 0.3) is 0 Å². The van der Waals surface area contributed by atoms with Crippen LogP contribution in [0, 0.1) is 11.8 Å². The first-order chi connectivity index (χ1) is 27.8. The molecular formula is C48H90N2O7S2. The first kappa shape index (κ1) is 59.2. The van der Waals surface area contributed by atoms with Gasteiger partial charge in [-0.1, -0.05) is 156 Å². The molecular weight excluding hydrogens is 781 g/mol. The fraction of sp³-hybridized carbons (Fsp3) is 0.750. The highest BCUT2D eigenvalue weighted by Crippen LogP contribution is 2.17. The molecule has 0 saturated heterocycles. The van der Waals surface area contributed by atoms with Gasteiger partial charge in [0.1, 0.15) is 26.8 Å². The summed E-state index contributed by atoms with van der Waals surface area (Å²) in [6.07, 6.45) is 24.9. The Balaban J connectivity index is 0. The molecule has 0 saturated carbocycles. The lowest BCUT2D eigenvalue weighted by Gasteiger charge is -2.08. The summed E-state index contributed by atoms with van der Waals surface area (Å²) in [7, 11) is -0.0220. The van der Waals surface area contributed by atoms with Crippen molar-refractivity contribution in [3.05, 3.63) is 59.7 Å². The number of benzene rings is 2. The topological polar surface area (TPSA) is 133 Å². The number of nitrogens with one attached hydrogen (secondary N) is 2. The second-order valence-corrected chi connectivity index (χ2v) is 20.3. The summed E-state index contributed by atoms with van der Waals surface area (Å²) in [4.78, 5) is 2.71. The molecule has 0 heterocycles. The molecule has 0 atom stereocenters. The monoisotopic (exact) mass is 871 g/mol. The van der Waals surface area contributed by atoms with E-state index in [4.69, 9.17) is 4.74 Å². The van der Waals surface area contributed by atoms with Gasteiger partial charge in [-0.2, -0.15) is 0 Å². The molecule has 2 rings (SSSR count). The zero-order chi connectivity index (χ0) is 45.0. The highest BCUT2D eigenvalue weighted by atomic mass is 32.2. The molecule has 0 aromatic heterocycles. The van der Waals surface area contributed by atoms with E-state index >= 15 is 0 Å². The van der Waals surface area contributed by atoms with Crippen LogP contribution in [0.1, 0.15) is 168 Å². The molecule has 59 heavy (non-hydrogen) atoms. The molecule has 9 nitrogen and oxygen atoms in total. The number of hydrogen-bond acceptors (Lipinski definition) is 7. The van der Waals surface area contributed by atoms with Gasteiger partial charge in [0.05, 0.1) is 51.1 Å². The summed E-state index contributed by atoms with van der Waals surface area (Å²) in [6, 6.07) is 12.6. The molecule has 0 aliphatic carbocycles. The van der Waals surface area contributed by atoms with Crippen molar-refractivity contribution in [2.75, 3.05) is 54.5 Å². The van der Waals surface area contributed by atoms with Gasteiger partial charge in [0, 0.05) is 6.61 Å². The van der Waals surface area contributed by atoms with Crippen molar-refractivity contribution in [3.8, 4) is 0 Å². The zero-order valence-electron chi connectivity index (χ0n) is 39.4. The Hall–Kier alpha value is -1.86. The van der Waals surface area contributed by atoms with Crippen LogP contribution in [0.3, 0.4) is 0 Å². The number of ether oxygens (including phenoxy) is 1. The van der Waals surface area contributed by atoms with Crippen LogP contribution in [-0.4, -0.2) is 80.4 Å². The van der Waals surface area contributed by atoms with Crippen LogP contribution in [-0.2, 0) is 37.8 Å². The summed E-state index contributed by atoms with van der Waals surface area (Å²) in [5.41, 5.74) is 2.20. The van der Waals surface area contributed by atoms with E-state index in [2.05, 4.69) is 69.7 Å². The van der Waals surface area contributed by atoms with Crippen LogP contribution in [0.4, 0.5) is 0 Å². The maximum atomic E-state index is 10.8. The average molecular weight is 871 g/mol. The van der Waals surface area contributed by atoms with Gasteiger partial charge < -0.3 is 23.6 Å². The predicted molar refractivity (Wildman–Crippen MR) is 247 cm³/mol. The average Bonchev–Trinajstić information content (AvgIpc) is 3.15.